The second-order valence-electron chi connectivity index (χ2n) is 7.26. The smallest absolute Gasteiger partial charge is 0.330 e. The fraction of sp³-hybridized carbons (Fsp3) is 0.375. The summed E-state index contributed by atoms with van der Waals surface area (Å²) in [4.78, 5) is 36.4. The lowest BCUT2D eigenvalue weighted by atomic mass is 9.93. The molecule has 0 unspecified atom stereocenters. The van der Waals surface area contributed by atoms with Crippen LogP contribution in [0.1, 0.15) is 36.3 Å². The quantitative estimate of drug-likeness (QED) is 0.264. The molecule has 7 nitrogen and oxygen atoms in total. The van der Waals surface area contributed by atoms with Crippen LogP contribution in [0.5, 0.6) is 0 Å². The SMILES string of the molecule is [3H]C([3H])([3H])C(=O)N[C@H](C(=O)O[C@H](/C=C/C=C\C=C\C(=O)OC)[C@]1(C)CO1)[C@@H](C)c1ccccc1. The molecule has 1 saturated heterocycles. The predicted octanol–water partition coefficient (Wildman–Crippen LogP) is 2.84. The molecule has 0 spiro atoms. The number of carbonyl (C=O) groups excluding carboxylic acids is 3. The molecule has 0 radical (unpaired) electrons. The minimum absolute atomic E-state index is 0.363. The Labute approximate surface area is 187 Å². The van der Waals surface area contributed by atoms with Gasteiger partial charge in [0.2, 0.25) is 5.91 Å². The number of ether oxygens (including phenoxy) is 3. The number of benzene rings is 1. The van der Waals surface area contributed by atoms with Crippen molar-refractivity contribution in [3.05, 3.63) is 72.4 Å². The van der Waals surface area contributed by atoms with Gasteiger partial charge in [-0.25, -0.2) is 9.59 Å². The number of hydrogen-bond acceptors (Lipinski definition) is 6. The van der Waals surface area contributed by atoms with E-state index in [9.17, 15) is 14.4 Å². The lowest BCUT2D eigenvalue weighted by molar-refractivity contribution is -0.154. The van der Waals surface area contributed by atoms with Gasteiger partial charge in [-0.15, -0.1) is 0 Å². The minimum atomic E-state index is -2.91. The Bertz CT molecular complexity index is 951. The fourth-order valence-corrected chi connectivity index (χ4v) is 2.82. The van der Waals surface area contributed by atoms with Gasteiger partial charge in [-0.05, 0) is 18.6 Å². The minimum Gasteiger partial charge on any atom is -0.466 e. The zero-order chi connectivity index (χ0) is 25.4. The molecule has 1 aromatic rings. The number of nitrogens with one attached hydrogen (secondary N) is 1. The van der Waals surface area contributed by atoms with E-state index in [1.54, 1.807) is 62.4 Å². The highest BCUT2D eigenvalue weighted by molar-refractivity contribution is 5.84. The number of allylic oxidation sites excluding steroid dienone is 4. The molecule has 0 aromatic heterocycles. The maximum absolute atomic E-state index is 13.2. The highest BCUT2D eigenvalue weighted by Gasteiger charge is 2.49. The summed E-state index contributed by atoms with van der Waals surface area (Å²) in [5.41, 5.74) is -0.00670. The highest BCUT2D eigenvalue weighted by Crippen LogP contribution is 2.33. The second-order valence-corrected chi connectivity index (χ2v) is 7.26. The standard InChI is InChI=1S/C24H29NO6/c1-17(19-12-8-7-9-13-19)22(25-18(2)26)23(28)31-20(24(3)16-30-24)14-10-5-6-11-15-21(27)29-4/h5-15,17,20,22H,16H2,1-4H3,(H,25,26)/b6-5-,14-10+,15-11+/t17-,20+,22-,24-/m0/s1/i2T3. The summed E-state index contributed by atoms with van der Waals surface area (Å²) in [7, 11) is 1.28. The number of hydrogen-bond donors (Lipinski definition) is 1. The lowest BCUT2D eigenvalue weighted by Gasteiger charge is -2.26. The van der Waals surface area contributed by atoms with Crippen LogP contribution in [-0.2, 0) is 28.6 Å². The van der Waals surface area contributed by atoms with E-state index in [2.05, 4.69) is 10.1 Å². The van der Waals surface area contributed by atoms with E-state index in [0.717, 1.165) is 5.56 Å². The van der Waals surface area contributed by atoms with E-state index in [1.165, 1.54) is 19.3 Å². The first-order chi connectivity index (χ1) is 16.0. The van der Waals surface area contributed by atoms with Gasteiger partial charge in [-0.2, -0.15) is 0 Å². The monoisotopic (exact) mass is 433 g/mol. The largest absolute Gasteiger partial charge is 0.466 e. The molecule has 2 rings (SSSR count). The number of esters is 2. The summed E-state index contributed by atoms with van der Waals surface area (Å²) in [6.45, 7) is 0.925. The molecule has 166 valence electrons. The fourth-order valence-electron chi connectivity index (χ4n) is 2.82. The van der Waals surface area contributed by atoms with Gasteiger partial charge >= 0.3 is 11.9 Å². The average Bonchev–Trinajstić information content (AvgIpc) is 3.56. The molecular formula is C24H29NO6. The van der Waals surface area contributed by atoms with Gasteiger partial charge < -0.3 is 19.5 Å². The summed E-state index contributed by atoms with van der Waals surface area (Å²) in [5, 5.41) is 2.32. The zero-order valence-electron chi connectivity index (χ0n) is 20.7. The van der Waals surface area contributed by atoms with Crippen LogP contribution >= 0.6 is 0 Å². The van der Waals surface area contributed by atoms with Crippen molar-refractivity contribution in [1.29, 1.82) is 0 Å². The number of amides is 1. The molecule has 1 aromatic carbocycles. The Balaban J connectivity index is 2.19. The van der Waals surface area contributed by atoms with Gasteiger partial charge in [-0.1, -0.05) is 61.6 Å². The van der Waals surface area contributed by atoms with Crippen LogP contribution in [-0.4, -0.2) is 49.3 Å². The first kappa shape index (κ1) is 19.8. The van der Waals surface area contributed by atoms with Crippen molar-refractivity contribution >= 4 is 17.8 Å². The molecule has 31 heavy (non-hydrogen) atoms. The molecule has 1 aliphatic rings. The zero-order valence-corrected chi connectivity index (χ0v) is 17.7. The van der Waals surface area contributed by atoms with Crippen LogP contribution in [0.4, 0.5) is 0 Å². The van der Waals surface area contributed by atoms with Crippen molar-refractivity contribution < 1.29 is 32.7 Å². The van der Waals surface area contributed by atoms with E-state index in [1.807, 2.05) is 6.07 Å². The van der Waals surface area contributed by atoms with Crippen molar-refractivity contribution in [2.45, 2.75) is 44.4 Å². The molecule has 1 aliphatic heterocycles. The third-order valence-corrected chi connectivity index (χ3v) is 4.86. The molecule has 0 saturated carbocycles. The molecule has 4 atom stereocenters. The van der Waals surface area contributed by atoms with E-state index < -0.39 is 48.4 Å². The van der Waals surface area contributed by atoms with Crippen LogP contribution in [0.25, 0.3) is 0 Å². The predicted molar refractivity (Wildman–Crippen MR) is 116 cm³/mol. The van der Waals surface area contributed by atoms with Crippen molar-refractivity contribution in [3.8, 4) is 0 Å². The molecule has 0 bridgehead atoms. The van der Waals surface area contributed by atoms with E-state index >= 15 is 0 Å². The average molecular weight is 434 g/mol. The van der Waals surface area contributed by atoms with Crippen molar-refractivity contribution in [2.24, 2.45) is 0 Å². The number of carbonyl (C=O) groups is 3. The van der Waals surface area contributed by atoms with Crippen molar-refractivity contribution in [1.82, 2.24) is 5.32 Å². The number of methoxy groups -OCH3 is 1. The molecular weight excluding hydrogens is 398 g/mol. The van der Waals surface area contributed by atoms with Gasteiger partial charge in [-0.3, -0.25) is 4.79 Å². The summed E-state index contributed by atoms with van der Waals surface area (Å²) in [6.07, 6.45) is 8.42. The number of rotatable bonds is 10. The first-order valence-electron chi connectivity index (χ1n) is 11.3. The van der Waals surface area contributed by atoms with Gasteiger partial charge in [0.25, 0.3) is 0 Å². The Morgan fingerprint density at radius 3 is 2.48 bits per heavy atom. The molecule has 0 aliphatic carbocycles. The topological polar surface area (TPSA) is 94.2 Å². The van der Waals surface area contributed by atoms with Gasteiger partial charge in [0.05, 0.1) is 13.7 Å². The van der Waals surface area contributed by atoms with Crippen LogP contribution in [0.15, 0.2) is 66.8 Å². The van der Waals surface area contributed by atoms with Crippen LogP contribution < -0.4 is 5.32 Å². The van der Waals surface area contributed by atoms with E-state index in [0.29, 0.717) is 6.61 Å². The Morgan fingerprint density at radius 1 is 1.19 bits per heavy atom. The Hall–Kier alpha value is -3.19. The maximum atomic E-state index is 13.2. The molecule has 7 heteroatoms. The normalized spacial score (nSPS) is 22.9. The molecule has 1 heterocycles. The maximum Gasteiger partial charge on any atom is 0.330 e. The third kappa shape index (κ3) is 7.53. The summed E-state index contributed by atoms with van der Waals surface area (Å²) >= 11 is 0. The molecule has 1 N–H and O–H groups in total. The second kappa shape index (κ2) is 11.3. The van der Waals surface area contributed by atoms with E-state index in [-0.39, 0.29) is 0 Å². The van der Waals surface area contributed by atoms with Crippen LogP contribution in [0.3, 0.4) is 0 Å². The van der Waals surface area contributed by atoms with Crippen LogP contribution in [0.2, 0.25) is 0 Å². The Kier molecular flexibility index (Phi) is 7.18. The van der Waals surface area contributed by atoms with Gasteiger partial charge in [0.15, 0.2) is 6.10 Å². The van der Waals surface area contributed by atoms with Crippen LogP contribution in [0, 0.1) is 0 Å². The van der Waals surface area contributed by atoms with Crippen molar-refractivity contribution in [3.63, 3.8) is 0 Å². The summed E-state index contributed by atoms with van der Waals surface area (Å²) in [5.74, 6) is -3.06. The van der Waals surface area contributed by atoms with E-state index in [4.69, 9.17) is 13.6 Å². The highest BCUT2D eigenvalue weighted by atomic mass is 16.6. The number of epoxide rings is 1. The molecule has 1 fully saturated rings. The molecule has 1 amide bonds. The van der Waals surface area contributed by atoms with Gasteiger partial charge in [0.1, 0.15) is 11.6 Å². The Morgan fingerprint density at radius 2 is 1.87 bits per heavy atom. The third-order valence-electron chi connectivity index (χ3n) is 4.86. The van der Waals surface area contributed by atoms with Crippen molar-refractivity contribution in [2.75, 3.05) is 13.7 Å². The summed E-state index contributed by atoms with van der Waals surface area (Å²) in [6, 6.07) is 7.71. The first-order valence-corrected chi connectivity index (χ1v) is 9.78. The lowest BCUT2D eigenvalue weighted by Crippen LogP contribution is -2.46. The van der Waals surface area contributed by atoms with Gasteiger partial charge in [0, 0.05) is 23.0 Å². The summed E-state index contributed by atoms with van der Waals surface area (Å²) < 4.78 is 37.7.